The predicted octanol–water partition coefficient (Wildman–Crippen LogP) is 2.01. The van der Waals surface area contributed by atoms with Crippen LogP contribution in [0.15, 0.2) is 21.1 Å². The lowest BCUT2D eigenvalue weighted by molar-refractivity contribution is -0.127. The lowest BCUT2D eigenvalue weighted by atomic mass is 10.1. The maximum atomic E-state index is 12.3. The molecule has 0 radical (unpaired) electrons. The summed E-state index contributed by atoms with van der Waals surface area (Å²) >= 11 is 6.70. The first-order valence-corrected chi connectivity index (χ1v) is 7.17. The van der Waals surface area contributed by atoms with Crippen LogP contribution in [0.25, 0.3) is 0 Å². The molecular weight excluding hydrogens is 380 g/mol. The van der Waals surface area contributed by atoms with E-state index in [0.29, 0.717) is 12.1 Å². The van der Waals surface area contributed by atoms with Gasteiger partial charge in [0.25, 0.3) is 11.8 Å². The molecule has 19 heavy (non-hydrogen) atoms. The van der Waals surface area contributed by atoms with Crippen LogP contribution in [0.5, 0.6) is 0 Å². The highest BCUT2D eigenvalue weighted by Crippen LogP contribution is 2.26. The van der Waals surface area contributed by atoms with Gasteiger partial charge in [0.1, 0.15) is 6.61 Å². The third kappa shape index (κ3) is 4.02. The highest BCUT2D eigenvalue weighted by atomic mass is 79.9. The molecule has 104 valence electrons. The Hall–Kier alpha value is -0.920. The van der Waals surface area contributed by atoms with Gasteiger partial charge in [-0.05, 0) is 31.5 Å². The van der Waals surface area contributed by atoms with Crippen LogP contribution in [0.3, 0.4) is 0 Å². The molecule has 1 aromatic carbocycles. The van der Waals surface area contributed by atoms with E-state index >= 15 is 0 Å². The number of carbonyl (C=O) groups excluding carboxylic acids is 2. The number of aliphatic hydroxyl groups excluding tert-OH is 1. The average molecular weight is 394 g/mol. The maximum Gasteiger partial charge on any atom is 0.272 e. The number of aliphatic hydroxyl groups is 1. The van der Waals surface area contributed by atoms with Crippen LogP contribution >= 0.6 is 31.9 Å². The summed E-state index contributed by atoms with van der Waals surface area (Å²) in [5.41, 5.74) is 3.60. The van der Waals surface area contributed by atoms with Gasteiger partial charge in [-0.25, -0.2) is 0 Å². The number of nitrogens with one attached hydrogen (secondary N) is 1. The van der Waals surface area contributed by atoms with Crippen molar-refractivity contribution in [2.45, 2.75) is 13.8 Å². The first kappa shape index (κ1) is 16.1. The summed E-state index contributed by atoms with van der Waals surface area (Å²) in [6, 6.07) is 3.53. The number of rotatable bonds is 3. The Kier molecular flexibility index (Phi) is 5.96. The van der Waals surface area contributed by atoms with Crippen molar-refractivity contribution < 1.29 is 14.7 Å². The van der Waals surface area contributed by atoms with Gasteiger partial charge in [0, 0.05) is 21.1 Å². The Morgan fingerprint density at radius 2 is 2.00 bits per heavy atom. The highest BCUT2D eigenvalue weighted by molar-refractivity contribution is 9.11. The lowest BCUT2D eigenvalue weighted by Crippen LogP contribution is -2.47. The molecule has 0 fully saturated rings. The average Bonchev–Trinajstić information content (AvgIpc) is 2.38. The smallest absolute Gasteiger partial charge is 0.272 e. The topological polar surface area (TPSA) is 69.6 Å². The second-order valence-electron chi connectivity index (χ2n) is 3.80. The van der Waals surface area contributed by atoms with Crippen molar-refractivity contribution in [3.8, 4) is 0 Å². The molecule has 0 saturated heterocycles. The minimum atomic E-state index is -0.662. The van der Waals surface area contributed by atoms with Gasteiger partial charge in [0.15, 0.2) is 0 Å². The van der Waals surface area contributed by atoms with Gasteiger partial charge < -0.3 is 5.11 Å². The Balaban J connectivity index is 3.07. The summed E-state index contributed by atoms with van der Waals surface area (Å²) in [7, 11) is 0. The summed E-state index contributed by atoms with van der Waals surface area (Å²) in [5.74, 6) is -0.953. The SMILES string of the molecule is CCN(NC(=O)CO)C(=O)c1cc(Br)cc(Br)c1C. The molecule has 2 amide bonds. The van der Waals surface area contributed by atoms with Gasteiger partial charge in [-0.2, -0.15) is 0 Å². The van der Waals surface area contributed by atoms with E-state index in [1.54, 1.807) is 13.0 Å². The molecule has 7 heteroatoms. The molecule has 2 N–H and O–H groups in total. The van der Waals surface area contributed by atoms with E-state index in [1.165, 1.54) is 5.01 Å². The normalized spacial score (nSPS) is 10.2. The standard InChI is InChI=1S/C12H14Br2N2O3/c1-3-16(15-11(18)6-17)12(19)9-4-8(13)5-10(14)7(9)2/h4-5,17H,3,6H2,1-2H3,(H,15,18). The van der Waals surface area contributed by atoms with Crippen molar-refractivity contribution in [2.24, 2.45) is 0 Å². The number of hydrogen-bond donors (Lipinski definition) is 2. The third-order valence-electron chi connectivity index (χ3n) is 2.50. The number of amides is 2. The monoisotopic (exact) mass is 392 g/mol. The van der Waals surface area contributed by atoms with Gasteiger partial charge in [-0.15, -0.1) is 0 Å². The molecule has 5 nitrogen and oxygen atoms in total. The molecule has 0 saturated carbocycles. The van der Waals surface area contributed by atoms with E-state index in [1.807, 2.05) is 13.0 Å². The van der Waals surface area contributed by atoms with E-state index in [0.717, 1.165) is 14.5 Å². The zero-order chi connectivity index (χ0) is 14.6. The molecule has 0 aliphatic rings. The third-order valence-corrected chi connectivity index (χ3v) is 3.79. The fourth-order valence-electron chi connectivity index (χ4n) is 1.47. The minimum Gasteiger partial charge on any atom is -0.386 e. The first-order valence-electron chi connectivity index (χ1n) is 5.58. The van der Waals surface area contributed by atoms with Crippen molar-refractivity contribution in [3.63, 3.8) is 0 Å². The zero-order valence-electron chi connectivity index (χ0n) is 10.5. The van der Waals surface area contributed by atoms with Crippen molar-refractivity contribution in [2.75, 3.05) is 13.2 Å². The largest absolute Gasteiger partial charge is 0.386 e. The summed E-state index contributed by atoms with van der Waals surface area (Å²) in [6.07, 6.45) is 0. The molecule has 0 aliphatic carbocycles. The van der Waals surface area contributed by atoms with Crippen LogP contribution in [0.2, 0.25) is 0 Å². The molecule has 0 spiro atoms. The van der Waals surface area contributed by atoms with E-state index in [-0.39, 0.29) is 5.91 Å². The van der Waals surface area contributed by atoms with E-state index in [4.69, 9.17) is 5.11 Å². The zero-order valence-corrected chi connectivity index (χ0v) is 13.7. The first-order chi connectivity index (χ1) is 8.90. The van der Waals surface area contributed by atoms with Crippen molar-refractivity contribution in [3.05, 3.63) is 32.2 Å². The van der Waals surface area contributed by atoms with E-state index < -0.39 is 12.5 Å². The fraction of sp³-hybridized carbons (Fsp3) is 0.333. The van der Waals surface area contributed by atoms with Gasteiger partial charge in [0.2, 0.25) is 0 Å². The second-order valence-corrected chi connectivity index (χ2v) is 5.57. The minimum absolute atomic E-state index is 0.300. The molecule has 0 atom stereocenters. The Morgan fingerprint density at radius 1 is 1.37 bits per heavy atom. The number of hydrazine groups is 1. The van der Waals surface area contributed by atoms with Crippen molar-refractivity contribution in [1.82, 2.24) is 10.4 Å². The van der Waals surface area contributed by atoms with Gasteiger partial charge >= 0.3 is 0 Å². The molecule has 0 unspecified atom stereocenters. The Bertz CT molecular complexity index is 506. The Morgan fingerprint density at radius 3 is 2.53 bits per heavy atom. The van der Waals surface area contributed by atoms with E-state index in [2.05, 4.69) is 37.3 Å². The molecule has 0 bridgehead atoms. The van der Waals surface area contributed by atoms with Crippen LogP contribution in [0, 0.1) is 6.92 Å². The predicted molar refractivity (Wildman–Crippen MR) is 78.5 cm³/mol. The molecule has 0 aliphatic heterocycles. The molecule has 1 aromatic rings. The Labute approximate surface area is 128 Å². The quantitative estimate of drug-likeness (QED) is 0.771. The lowest BCUT2D eigenvalue weighted by Gasteiger charge is -2.22. The molecule has 0 heterocycles. The highest BCUT2D eigenvalue weighted by Gasteiger charge is 2.19. The molecule has 1 rings (SSSR count). The number of hydrogen-bond acceptors (Lipinski definition) is 3. The molecular formula is C12H14Br2N2O3. The van der Waals surface area contributed by atoms with Crippen molar-refractivity contribution >= 4 is 43.7 Å². The summed E-state index contributed by atoms with van der Waals surface area (Å²) in [4.78, 5) is 23.5. The van der Waals surface area contributed by atoms with Crippen LogP contribution < -0.4 is 5.43 Å². The summed E-state index contributed by atoms with van der Waals surface area (Å²) in [6.45, 7) is 3.18. The number of carbonyl (C=O) groups is 2. The second kappa shape index (κ2) is 7.02. The van der Waals surface area contributed by atoms with Gasteiger partial charge in [-0.3, -0.25) is 20.0 Å². The number of benzene rings is 1. The van der Waals surface area contributed by atoms with Crippen molar-refractivity contribution in [1.29, 1.82) is 0 Å². The van der Waals surface area contributed by atoms with Crippen LogP contribution in [0.4, 0.5) is 0 Å². The number of nitrogens with zero attached hydrogens (tertiary/aromatic N) is 1. The van der Waals surface area contributed by atoms with Crippen LogP contribution in [-0.4, -0.2) is 35.1 Å². The summed E-state index contributed by atoms with van der Waals surface area (Å²) in [5, 5.41) is 9.88. The van der Waals surface area contributed by atoms with Gasteiger partial charge in [-0.1, -0.05) is 31.9 Å². The van der Waals surface area contributed by atoms with Gasteiger partial charge in [0.05, 0.1) is 0 Å². The van der Waals surface area contributed by atoms with E-state index in [9.17, 15) is 9.59 Å². The van der Waals surface area contributed by atoms with Crippen LogP contribution in [0.1, 0.15) is 22.8 Å². The fourth-order valence-corrected chi connectivity index (χ4v) is 2.70. The van der Waals surface area contributed by atoms with Crippen LogP contribution in [-0.2, 0) is 4.79 Å². The maximum absolute atomic E-state index is 12.3. The molecule has 0 aromatic heterocycles. The summed E-state index contributed by atoms with van der Waals surface area (Å²) < 4.78 is 1.56. The number of halogens is 2.